The summed E-state index contributed by atoms with van der Waals surface area (Å²) in [6.07, 6.45) is 0.409. The highest BCUT2D eigenvalue weighted by molar-refractivity contribution is 7.19. The Balaban J connectivity index is 1.90. The van der Waals surface area contributed by atoms with Crippen LogP contribution in [-0.4, -0.2) is 21.0 Å². The minimum Gasteiger partial charge on any atom is -0.333 e. The van der Waals surface area contributed by atoms with Crippen molar-refractivity contribution < 1.29 is 9.32 Å². The second kappa shape index (κ2) is 6.29. The van der Waals surface area contributed by atoms with Gasteiger partial charge in [0.05, 0.1) is 5.69 Å². The molecule has 0 saturated carbocycles. The molecule has 23 heavy (non-hydrogen) atoms. The van der Waals surface area contributed by atoms with E-state index in [0.29, 0.717) is 23.3 Å². The zero-order chi connectivity index (χ0) is 16.4. The van der Waals surface area contributed by atoms with E-state index in [1.54, 1.807) is 6.92 Å². The lowest BCUT2D eigenvalue weighted by Gasteiger charge is -1.95. The second-order valence-corrected chi connectivity index (χ2v) is 6.13. The first kappa shape index (κ1) is 15.4. The maximum Gasteiger partial charge on any atom is 0.270 e. The zero-order valence-electron chi connectivity index (χ0n) is 13.1. The monoisotopic (exact) mass is 328 g/mol. The number of carbonyl (C=O) groups is 1. The van der Waals surface area contributed by atoms with Gasteiger partial charge in [-0.2, -0.15) is 4.98 Å². The zero-order valence-corrected chi connectivity index (χ0v) is 13.9. The summed E-state index contributed by atoms with van der Waals surface area (Å²) < 4.78 is 5.37. The van der Waals surface area contributed by atoms with E-state index in [4.69, 9.17) is 4.52 Å². The highest BCUT2D eigenvalue weighted by Crippen LogP contribution is 2.32. The third kappa shape index (κ3) is 3.29. The fraction of sp³-hybridized carbons (Fsp3) is 0.250. The van der Waals surface area contributed by atoms with E-state index in [2.05, 4.69) is 20.4 Å². The van der Waals surface area contributed by atoms with Crippen molar-refractivity contribution in [2.75, 3.05) is 5.32 Å². The van der Waals surface area contributed by atoms with Gasteiger partial charge in [-0.25, -0.2) is 4.98 Å². The molecule has 0 aliphatic rings. The van der Waals surface area contributed by atoms with Crippen LogP contribution >= 0.6 is 11.3 Å². The van der Waals surface area contributed by atoms with Crippen molar-refractivity contribution in [3.8, 4) is 22.2 Å². The summed E-state index contributed by atoms with van der Waals surface area (Å²) in [4.78, 5) is 21.0. The Morgan fingerprint density at radius 1 is 1.30 bits per heavy atom. The molecule has 1 N–H and O–H groups in total. The number of aromatic nitrogens is 3. The van der Waals surface area contributed by atoms with Crippen molar-refractivity contribution in [3.05, 3.63) is 35.5 Å². The van der Waals surface area contributed by atoms with Gasteiger partial charge in [-0.1, -0.05) is 47.2 Å². The van der Waals surface area contributed by atoms with Crippen LogP contribution in [0.1, 0.15) is 24.6 Å². The predicted octanol–water partition coefficient (Wildman–Crippen LogP) is 3.83. The van der Waals surface area contributed by atoms with E-state index in [9.17, 15) is 4.79 Å². The number of hydrogen-bond donors (Lipinski definition) is 1. The molecule has 2 aromatic heterocycles. The average Bonchev–Trinajstić information content (AvgIpc) is 3.14. The number of amides is 1. The van der Waals surface area contributed by atoms with Crippen molar-refractivity contribution in [2.45, 2.75) is 27.2 Å². The van der Waals surface area contributed by atoms with E-state index in [0.717, 1.165) is 21.7 Å². The van der Waals surface area contributed by atoms with Gasteiger partial charge < -0.3 is 9.84 Å². The molecule has 0 bridgehead atoms. The molecule has 0 unspecified atom stereocenters. The van der Waals surface area contributed by atoms with Gasteiger partial charge in [0.15, 0.2) is 5.13 Å². The number of benzene rings is 1. The van der Waals surface area contributed by atoms with Crippen LogP contribution < -0.4 is 5.32 Å². The average molecular weight is 328 g/mol. The van der Waals surface area contributed by atoms with Gasteiger partial charge in [0.1, 0.15) is 4.88 Å². The Bertz CT molecular complexity index is 853. The van der Waals surface area contributed by atoms with Crippen molar-refractivity contribution in [1.82, 2.24) is 15.1 Å². The third-order valence-corrected chi connectivity index (χ3v) is 4.32. The number of thiazole rings is 1. The molecule has 118 valence electrons. The molecule has 0 radical (unpaired) electrons. The van der Waals surface area contributed by atoms with Crippen LogP contribution in [0.25, 0.3) is 22.2 Å². The summed E-state index contributed by atoms with van der Waals surface area (Å²) in [6.45, 7) is 5.66. The number of nitrogens with zero attached hydrogens (tertiary/aromatic N) is 3. The molecular formula is C16H16N4O2S. The normalized spacial score (nSPS) is 10.7. The van der Waals surface area contributed by atoms with E-state index in [1.165, 1.54) is 11.3 Å². The van der Waals surface area contributed by atoms with Crippen molar-refractivity contribution in [3.63, 3.8) is 0 Å². The molecule has 3 aromatic rings. The third-order valence-electron chi connectivity index (χ3n) is 3.26. The van der Waals surface area contributed by atoms with E-state index < -0.39 is 0 Å². The minimum absolute atomic E-state index is 0.0729. The molecule has 0 atom stereocenters. The van der Waals surface area contributed by atoms with E-state index in [-0.39, 0.29) is 5.91 Å². The van der Waals surface area contributed by atoms with Crippen molar-refractivity contribution in [2.24, 2.45) is 0 Å². The summed E-state index contributed by atoms with van der Waals surface area (Å²) in [5, 5.41) is 7.33. The topological polar surface area (TPSA) is 80.9 Å². The maximum absolute atomic E-state index is 11.5. The van der Waals surface area contributed by atoms with Gasteiger partial charge in [0.2, 0.25) is 11.7 Å². The molecule has 6 nitrogen and oxygen atoms in total. The minimum atomic E-state index is -0.0729. The van der Waals surface area contributed by atoms with Gasteiger partial charge in [0.25, 0.3) is 5.89 Å². The van der Waals surface area contributed by atoms with Gasteiger partial charge >= 0.3 is 0 Å². The summed E-state index contributed by atoms with van der Waals surface area (Å²) in [7, 11) is 0. The lowest BCUT2D eigenvalue weighted by molar-refractivity contribution is -0.115. The summed E-state index contributed by atoms with van der Waals surface area (Å²) >= 11 is 1.33. The number of carbonyl (C=O) groups excluding carboxylic acids is 1. The SMILES string of the molecule is CCC(=O)Nc1nc(C)c(-c2nc(-c3cccc(C)c3)no2)s1. The van der Waals surface area contributed by atoms with Crippen molar-refractivity contribution in [1.29, 1.82) is 0 Å². The van der Waals surface area contributed by atoms with Gasteiger partial charge in [-0.15, -0.1) is 0 Å². The highest BCUT2D eigenvalue weighted by atomic mass is 32.1. The Kier molecular flexibility index (Phi) is 4.20. The first-order valence-corrected chi connectivity index (χ1v) is 8.07. The van der Waals surface area contributed by atoms with Crippen LogP contribution in [0.4, 0.5) is 5.13 Å². The number of nitrogens with one attached hydrogen (secondary N) is 1. The Labute approximate surface area is 137 Å². The Morgan fingerprint density at radius 3 is 2.87 bits per heavy atom. The lowest BCUT2D eigenvalue weighted by Crippen LogP contribution is -2.08. The van der Waals surface area contributed by atoms with Crippen LogP contribution in [0, 0.1) is 13.8 Å². The molecule has 3 rings (SSSR count). The molecule has 0 fully saturated rings. The molecule has 0 saturated heterocycles. The van der Waals surface area contributed by atoms with Crippen LogP contribution in [0.3, 0.4) is 0 Å². The Hall–Kier alpha value is -2.54. The smallest absolute Gasteiger partial charge is 0.270 e. The second-order valence-electron chi connectivity index (χ2n) is 5.13. The lowest BCUT2D eigenvalue weighted by atomic mass is 10.1. The van der Waals surface area contributed by atoms with E-state index in [1.807, 2.05) is 38.1 Å². The van der Waals surface area contributed by atoms with E-state index >= 15 is 0 Å². The predicted molar refractivity (Wildman–Crippen MR) is 89.2 cm³/mol. The molecule has 0 aliphatic heterocycles. The summed E-state index contributed by atoms with van der Waals surface area (Å²) in [5.41, 5.74) is 2.79. The van der Waals surface area contributed by atoms with Gasteiger partial charge in [-0.05, 0) is 19.9 Å². The fourth-order valence-corrected chi connectivity index (χ4v) is 2.98. The largest absolute Gasteiger partial charge is 0.333 e. The van der Waals surface area contributed by atoms with Crippen LogP contribution in [0.15, 0.2) is 28.8 Å². The number of hydrogen-bond acceptors (Lipinski definition) is 6. The molecular weight excluding hydrogens is 312 g/mol. The fourth-order valence-electron chi connectivity index (χ4n) is 2.07. The van der Waals surface area contributed by atoms with Crippen LogP contribution in [-0.2, 0) is 4.79 Å². The van der Waals surface area contributed by atoms with Crippen molar-refractivity contribution >= 4 is 22.4 Å². The van der Waals surface area contributed by atoms with Gasteiger partial charge in [0, 0.05) is 12.0 Å². The molecule has 0 spiro atoms. The molecule has 0 aliphatic carbocycles. The molecule has 1 amide bonds. The summed E-state index contributed by atoms with van der Waals surface area (Å²) in [5.74, 6) is 0.875. The Morgan fingerprint density at radius 2 is 2.13 bits per heavy atom. The first-order valence-electron chi connectivity index (χ1n) is 7.25. The van der Waals surface area contributed by atoms with Crippen LogP contribution in [0.2, 0.25) is 0 Å². The quantitative estimate of drug-likeness (QED) is 0.787. The highest BCUT2D eigenvalue weighted by Gasteiger charge is 2.18. The van der Waals surface area contributed by atoms with Crippen LogP contribution in [0.5, 0.6) is 0 Å². The van der Waals surface area contributed by atoms with Gasteiger partial charge in [-0.3, -0.25) is 4.79 Å². The number of anilines is 1. The maximum atomic E-state index is 11.5. The molecule has 7 heteroatoms. The standard InChI is InChI=1S/C16H16N4O2S/c1-4-12(21)18-16-17-10(3)13(23-16)15-19-14(20-22-15)11-7-5-6-9(2)8-11/h5-8H,4H2,1-3H3,(H,17,18,21). The first-order chi connectivity index (χ1) is 11.1. The number of aryl methyl sites for hydroxylation is 2. The molecule has 1 aromatic carbocycles. The summed E-state index contributed by atoms with van der Waals surface area (Å²) in [6, 6.07) is 7.91. The number of rotatable bonds is 4. The molecule has 2 heterocycles.